The van der Waals surface area contributed by atoms with E-state index in [9.17, 15) is 18.0 Å². The number of nitrogens with zero attached hydrogens (tertiary/aromatic N) is 1. The van der Waals surface area contributed by atoms with Crippen molar-refractivity contribution in [1.82, 2.24) is 16.0 Å². The van der Waals surface area contributed by atoms with Gasteiger partial charge in [-0.1, -0.05) is 28.4 Å². The van der Waals surface area contributed by atoms with Gasteiger partial charge in [-0.3, -0.25) is 15.1 Å². The van der Waals surface area contributed by atoms with E-state index >= 15 is 0 Å². The Bertz CT molecular complexity index is 1020. The first kappa shape index (κ1) is 21.4. The van der Waals surface area contributed by atoms with Crippen LogP contribution in [0.4, 0.5) is 13.2 Å². The highest BCUT2D eigenvalue weighted by Gasteiger charge is 2.60. The molecule has 0 saturated carbocycles. The highest BCUT2D eigenvalue weighted by atomic mass is 35.5. The maximum Gasteiger partial charge on any atom is 0.428 e. The Morgan fingerprint density at radius 3 is 2.47 bits per heavy atom. The summed E-state index contributed by atoms with van der Waals surface area (Å²) >= 11 is 13.4. The van der Waals surface area contributed by atoms with Crippen LogP contribution in [0.1, 0.15) is 28.7 Å². The Labute approximate surface area is 183 Å². The number of hydroxylamine groups is 1. The lowest BCUT2D eigenvalue weighted by atomic mass is 9.92. The normalized spacial score (nSPS) is 22.8. The van der Waals surface area contributed by atoms with Crippen LogP contribution >= 0.6 is 35.0 Å². The molecule has 160 valence electrons. The van der Waals surface area contributed by atoms with Crippen LogP contribution in [0.2, 0.25) is 10.0 Å². The summed E-state index contributed by atoms with van der Waals surface area (Å²) in [5, 5.41) is 6.56. The van der Waals surface area contributed by atoms with E-state index in [1.54, 1.807) is 11.8 Å². The van der Waals surface area contributed by atoms with E-state index in [-0.39, 0.29) is 38.3 Å². The van der Waals surface area contributed by atoms with Crippen LogP contribution in [-0.2, 0) is 10.4 Å². The molecule has 12 heteroatoms. The van der Waals surface area contributed by atoms with Crippen molar-refractivity contribution in [3.63, 3.8) is 0 Å². The average Bonchev–Trinajstić information content (AvgIpc) is 3.27. The van der Waals surface area contributed by atoms with E-state index in [2.05, 4.69) is 16.0 Å². The van der Waals surface area contributed by atoms with Gasteiger partial charge in [-0.05, 0) is 31.2 Å². The van der Waals surface area contributed by atoms with Crippen LogP contribution in [0, 0.1) is 0 Å². The second-order valence-electron chi connectivity index (χ2n) is 7.24. The molecule has 0 bridgehead atoms. The summed E-state index contributed by atoms with van der Waals surface area (Å²) in [6.45, 7) is 1.89. The first-order chi connectivity index (χ1) is 14.0. The van der Waals surface area contributed by atoms with Crippen LogP contribution in [0.15, 0.2) is 34.9 Å². The summed E-state index contributed by atoms with van der Waals surface area (Å²) in [6, 6.07) is 4.78. The maximum absolute atomic E-state index is 14.0. The third kappa shape index (κ3) is 3.77. The Morgan fingerprint density at radius 1 is 1.23 bits per heavy atom. The van der Waals surface area contributed by atoms with E-state index < -0.39 is 17.7 Å². The van der Waals surface area contributed by atoms with Gasteiger partial charge in [0.15, 0.2) is 0 Å². The summed E-state index contributed by atoms with van der Waals surface area (Å²) < 4.78 is 47.1. The van der Waals surface area contributed by atoms with Crippen molar-refractivity contribution >= 4 is 46.6 Å². The zero-order valence-electron chi connectivity index (χ0n) is 15.3. The molecule has 1 unspecified atom stereocenters. The smallest absolute Gasteiger partial charge is 0.350 e. The van der Waals surface area contributed by atoms with Gasteiger partial charge in [0.2, 0.25) is 11.4 Å². The lowest BCUT2D eigenvalue weighted by molar-refractivity contribution is -0.269. The van der Waals surface area contributed by atoms with Gasteiger partial charge in [0.05, 0.1) is 11.2 Å². The first-order valence-electron chi connectivity index (χ1n) is 8.59. The number of benzene rings is 1. The number of hydrogen-bond acceptors (Lipinski definition) is 6. The fourth-order valence-corrected chi connectivity index (χ4v) is 4.55. The van der Waals surface area contributed by atoms with E-state index in [0.29, 0.717) is 0 Å². The van der Waals surface area contributed by atoms with Crippen molar-refractivity contribution in [1.29, 1.82) is 0 Å². The monoisotopic (exact) mass is 479 g/mol. The highest BCUT2D eigenvalue weighted by molar-refractivity contribution is 8.00. The zero-order chi connectivity index (χ0) is 21.7. The molecule has 3 heterocycles. The molecule has 0 spiro atoms. The van der Waals surface area contributed by atoms with Gasteiger partial charge in [-0.2, -0.15) is 24.9 Å². The molecule has 0 radical (unpaired) electrons. The number of nitrogens with one attached hydrogen (secondary N) is 2. The fourth-order valence-electron chi connectivity index (χ4n) is 3.06. The van der Waals surface area contributed by atoms with Crippen molar-refractivity contribution in [3.8, 4) is 0 Å². The van der Waals surface area contributed by atoms with Gasteiger partial charge in [-0.15, -0.1) is 0 Å². The topological polar surface area (TPSA) is 76.4 Å². The van der Waals surface area contributed by atoms with Crippen LogP contribution in [0.5, 0.6) is 0 Å². The Balaban J connectivity index is 1.65. The number of carbonyl (C=O) groups excluding carboxylic acids is 1. The van der Waals surface area contributed by atoms with E-state index in [0.717, 1.165) is 29.7 Å². The summed E-state index contributed by atoms with van der Waals surface area (Å²) in [6.07, 6.45) is -4.05. The first-order valence-corrected chi connectivity index (χ1v) is 10.5. The fraction of sp³-hybridized carbons (Fsp3) is 0.333. The van der Waals surface area contributed by atoms with Gasteiger partial charge < -0.3 is 9.84 Å². The minimum absolute atomic E-state index is 0.0208. The second kappa shape index (κ2) is 7.37. The van der Waals surface area contributed by atoms with Crippen molar-refractivity contribution in [3.05, 3.63) is 57.4 Å². The molecule has 2 aromatic rings. The van der Waals surface area contributed by atoms with Crippen LogP contribution < -0.4 is 10.8 Å². The molecule has 1 aromatic heterocycles. The predicted molar refractivity (Wildman–Crippen MR) is 106 cm³/mol. The molecule has 1 aromatic carbocycles. The molecule has 4 rings (SSSR count). The predicted octanol–water partition coefficient (Wildman–Crippen LogP) is 4.55. The third-order valence-electron chi connectivity index (χ3n) is 4.65. The third-order valence-corrected chi connectivity index (χ3v) is 6.77. The molecule has 1 saturated heterocycles. The minimum Gasteiger partial charge on any atom is -0.350 e. The Hall–Kier alpha value is -1.88. The number of halogens is 5. The molecule has 2 N–H and O–H groups in total. The summed E-state index contributed by atoms with van der Waals surface area (Å²) in [5.74, 6) is 0.897. The molecule has 1 amide bonds. The quantitative estimate of drug-likeness (QED) is 0.669. The van der Waals surface area contributed by atoms with Gasteiger partial charge in [0, 0.05) is 33.2 Å². The van der Waals surface area contributed by atoms with E-state index in [1.807, 2.05) is 6.92 Å². The lowest BCUT2D eigenvalue weighted by Crippen LogP contribution is -2.55. The Kier molecular flexibility index (Phi) is 5.24. The number of hydrogen-bond donors (Lipinski definition) is 2. The van der Waals surface area contributed by atoms with Crippen molar-refractivity contribution in [2.75, 3.05) is 11.5 Å². The Morgan fingerprint density at radius 2 is 1.90 bits per heavy atom. The number of carbonyl (C=O) groups is 1. The van der Waals surface area contributed by atoms with Gasteiger partial charge in [0.1, 0.15) is 5.69 Å². The van der Waals surface area contributed by atoms with Crippen LogP contribution in [0.25, 0.3) is 5.70 Å². The number of aromatic nitrogens is 1. The number of rotatable bonds is 4. The molecule has 0 aliphatic carbocycles. The van der Waals surface area contributed by atoms with E-state index in [1.165, 1.54) is 12.1 Å². The number of amides is 1. The molecule has 1 atom stereocenters. The molecular formula is C18H14Cl2F3N3O3S. The average molecular weight is 480 g/mol. The lowest BCUT2D eigenvalue weighted by Gasteiger charge is -2.37. The summed E-state index contributed by atoms with van der Waals surface area (Å²) in [5.41, 5.74) is -1.42. The molecule has 2 aliphatic rings. The van der Waals surface area contributed by atoms with Crippen molar-refractivity contribution in [2.24, 2.45) is 0 Å². The van der Waals surface area contributed by atoms with Crippen molar-refractivity contribution < 1.29 is 27.3 Å². The largest absolute Gasteiger partial charge is 0.428 e. The van der Waals surface area contributed by atoms with E-state index in [4.69, 9.17) is 32.6 Å². The summed E-state index contributed by atoms with van der Waals surface area (Å²) in [7, 11) is 0. The minimum atomic E-state index is -4.85. The molecule has 1 fully saturated rings. The summed E-state index contributed by atoms with van der Waals surface area (Å²) in [4.78, 5) is 17.3. The highest BCUT2D eigenvalue weighted by Crippen LogP contribution is 2.48. The zero-order valence-corrected chi connectivity index (χ0v) is 17.6. The van der Waals surface area contributed by atoms with Gasteiger partial charge in [0.25, 0.3) is 5.91 Å². The second-order valence-corrected chi connectivity index (χ2v) is 9.10. The molecule has 2 aliphatic heterocycles. The number of alkyl halides is 3. The SMILES string of the molecule is CC1(NC(=O)c2cc(C3=CC(c4cc(Cl)cc(Cl)c4)(C(F)(F)F)ON3)no2)CSC1. The van der Waals surface area contributed by atoms with Gasteiger partial charge >= 0.3 is 6.18 Å². The van der Waals surface area contributed by atoms with Crippen molar-refractivity contribution in [2.45, 2.75) is 24.2 Å². The van der Waals surface area contributed by atoms with Crippen LogP contribution in [0.3, 0.4) is 0 Å². The number of thioether (sulfide) groups is 1. The standard InChI is InChI=1S/C18H14Cl2F3N3O3S/c1-16(7-30-8-16)24-15(27)14-5-12(25-28-14)13-6-17(29-26-13,18(21,22)23)9-2-10(19)4-11(20)3-9/h2-6,26H,7-8H2,1H3,(H,24,27). The maximum atomic E-state index is 14.0. The van der Waals surface area contributed by atoms with Gasteiger partial charge in [-0.25, -0.2) is 0 Å². The van der Waals surface area contributed by atoms with Crippen LogP contribution in [-0.4, -0.2) is 34.3 Å². The molecule has 6 nitrogen and oxygen atoms in total. The molecular weight excluding hydrogens is 466 g/mol. The molecule has 30 heavy (non-hydrogen) atoms.